The van der Waals surface area contributed by atoms with Crippen molar-refractivity contribution in [3.8, 4) is 22.4 Å². The monoisotopic (exact) mass is 757 g/mol. The van der Waals surface area contributed by atoms with Crippen LogP contribution in [0.5, 0.6) is 0 Å². The molecule has 0 radical (unpaired) electrons. The van der Waals surface area contributed by atoms with Gasteiger partial charge in [-0.1, -0.05) is 50.6 Å². The molecular weight excluding hydrogens is 707 g/mol. The molecule has 56 heavy (non-hydrogen) atoms. The summed E-state index contributed by atoms with van der Waals surface area (Å²) in [6.07, 6.45) is 10.7. The number of fused-ring (bicyclic) bond motifs is 5. The molecule has 12 nitrogen and oxygen atoms in total. The summed E-state index contributed by atoms with van der Waals surface area (Å²) < 4.78 is 10.4. The maximum atomic E-state index is 14.0. The number of hydrogen-bond acceptors (Lipinski definition) is 7. The number of nitrogens with one attached hydrogen (secondary N) is 3. The molecule has 2 aromatic heterocycles. The van der Waals surface area contributed by atoms with Crippen LogP contribution >= 0.6 is 0 Å². The molecule has 3 fully saturated rings. The van der Waals surface area contributed by atoms with E-state index in [-0.39, 0.29) is 29.8 Å². The number of carbonyl (C=O) groups is 3. The number of nitrogens with zero attached hydrogens (tertiary/aromatic N) is 4. The van der Waals surface area contributed by atoms with Crippen LogP contribution in [0.25, 0.3) is 44.2 Å². The molecule has 2 saturated heterocycles. The molecule has 5 aromatic rings. The van der Waals surface area contributed by atoms with Gasteiger partial charge in [-0.2, -0.15) is 0 Å². The van der Waals surface area contributed by atoms with Crippen LogP contribution in [-0.2, 0) is 31.9 Å². The average Bonchev–Trinajstić information content (AvgIpc) is 4.06. The molecular formula is C44H51N7O5. The van der Waals surface area contributed by atoms with Crippen molar-refractivity contribution >= 4 is 40.2 Å². The summed E-state index contributed by atoms with van der Waals surface area (Å²) in [6.45, 7) is 4.87. The number of likely N-dealkylation sites (tertiary alicyclic amines) is 2. The zero-order valence-electron chi connectivity index (χ0n) is 32.6. The lowest BCUT2D eigenvalue weighted by Gasteiger charge is -2.30. The summed E-state index contributed by atoms with van der Waals surface area (Å²) in [7, 11) is 2.98. The van der Waals surface area contributed by atoms with E-state index in [0.717, 1.165) is 77.7 Å². The van der Waals surface area contributed by atoms with Gasteiger partial charge in [-0.3, -0.25) is 9.59 Å². The lowest BCUT2D eigenvalue weighted by atomic mass is 9.91. The van der Waals surface area contributed by atoms with Crippen LogP contribution in [0.4, 0.5) is 4.79 Å². The molecule has 3 amide bonds. The Morgan fingerprint density at radius 1 is 0.964 bits per heavy atom. The van der Waals surface area contributed by atoms with Crippen molar-refractivity contribution in [2.24, 2.45) is 17.8 Å². The summed E-state index contributed by atoms with van der Waals surface area (Å²) in [4.78, 5) is 59.4. The molecule has 1 saturated carbocycles. The number of H-pyrrole nitrogens is 2. The molecule has 12 heteroatoms. The van der Waals surface area contributed by atoms with Crippen molar-refractivity contribution in [1.29, 1.82) is 0 Å². The Morgan fingerprint density at radius 3 is 2.57 bits per heavy atom. The Bertz CT molecular complexity index is 2310. The number of methoxy groups -OCH3 is 2. The first-order valence-electron chi connectivity index (χ1n) is 20.3. The SMILES string of the molecule is COCC1CC(c2nc3c(ccc4cc(-c5ccc(-c6cnc(C7CC8CCCC8N7C=O)[nH]6)c6c5CCC6)ccc43)[nH]2)N(C(=O)C(NC(=O)OC)C(C)C)C1. The minimum absolute atomic E-state index is 0.0262. The fourth-order valence-electron chi connectivity index (χ4n) is 10.4. The van der Waals surface area contributed by atoms with Crippen LogP contribution in [0.3, 0.4) is 0 Å². The van der Waals surface area contributed by atoms with Gasteiger partial charge in [-0.05, 0) is 96.6 Å². The van der Waals surface area contributed by atoms with E-state index in [1.165, 1.54) is 47.8 Å². The van der Waals surface area contributed by atoms with Gasteiger partial charge in [0.15, 0.2) is 0 Å². The van der Waals surface area contributed by atoms with Gasteiger partial charge in [-0.15, -0.1) is 0 Å². The molecule has 292 valence electrons. The Labute approximate surface area is 326 Å². The van der Waals surface area contributed by atoms with Gasteiger partial charge in [0.05, 0.1) is 48.7 Å². The predicted molar refractivity (Wildman–Crippen MR) is 214 cm³/mol. The number of ether oxygens (including phenoxy) is 2. The van der Waals surface area contributed by atoms with Crippen molar-refractivity contribution in [3.63, 3.8) is 0 Å². The quantitative estimate of drug-likeness (QED) is 0.127. The number of alkyl carbamates (subject to hydrolysis) is 1. The van der Waals surface area contributed by atoms with E-state index in [0.29, 0.717) is 31.5 Å². The fraction of sp³-hybridized carbons (Fsp3) is 0.477. The van der Waals surface area contributed by atoms with Crippen LogP contribution in [-0.4, -0.2) is 87.6 Å². The number of imidazole rings is 2. The van der Waals surface area contributed by atoms with Gasteiger partial charge in [0.2, 0.25) is 12.3 Å². The van der Waals surface area contributed by atoms with E-state index >= 15 is 0 Å². The van der Waals surface area contributed by atoms with Crippen molar-refractivity contribution in [1.82, 2.24) is 35.1 Å². The van der Waals surface area contributed by atoms with Gasteiger partial charge in [-0.25, -0.2) is 14.8 Å². The highest BCUT2D eigenvalue weighted by atomic mass is 16.5. The lowest BCUT2D eigenvalue weighted by molar-refractivity contribution is -0.135. The van der Waals surface area contributed by atoms with Gasteiger partial charge < -0.3 is 34.6 Å². The Balaban J connectivity index is 1.01. The Morgan fingerprint density at radius 2 is 1.79 bits per heavy atom. The molecule has 6 atom stereocenters. The topological polar surface area (TPSA) is 146 Å². The first-order chi connectivity index (χ1) is 27.3. The third-order valence-corrected chi connectivity index (χ3v) is 13.1. The Hall–Kier alpha value is -5.23. The molecule has 4 aliphatic rings. The second-order valence-electron chi connectivity index (χ2n) is 16.7. The molecule has 0 bridgehead atoms. The van der Waals surface area contributed by atoms with Crippen LogP contribution < -0.4 is 5.32 Å². The number of hydrogen-bond donors (Lipinski definition) is 3. The van der Waals surface area contributed by atoms with E-state index in [1.807, 2.05) is 29.8 Å². The highest BCUT2D eigenvalue weighted by Crippen LogP contribution is 2.47. The molecule has 2 aliphatic heterocycles. The minimum atomic E-state index is -0.728. The first kappa shape index (κ1) is 36.4. The molecule has 3 aromatic carbocycles. The summed E-state index contributed by atoms with van der Waals surface area (Å²) >= 11 is 0. The molecule has 4 heterocycles. The van der Waals surface area contributed by atoms with Crippen LogP contribution in [0, 0.1) is 17.8 Å². The minimum Gasteiger partial charge on any atom is -0.453 e. The Kier molecular flexibility index (Phi) is 9.55. The molecule has 6 unspecified atom stereocenters. The smallest absolute Gasteiger partial charge is 0.407 e. The van der Waals surface area contributed by atoms with Crippen molar-refractivity contribution in [3.05, 3.63) is 71.4 Å². The zero-order chi connectivity index (χ0) is 38.7. The highest BCUT2D eigenvalue weighted by Gasteiger charge is 2.45. The summed E-state index contributed by atoms with van der Waals surface area (Å²) in [5.74, 6) is 2.06. The second kappa shape index (κ2) is 14.7. The third kappa shape index (κ3) is 6.22. The van der Waals surface area contributed by atoms with E-state index in [4.69, 9.17) is 19.4 Å². The molecule has 9 rings (SSSR count). The van der Waals surface area contributed by atoms with E-state index in [2.05, 4.69) is 57.7 Å². The second-order valence-corrected chi connectivity index (χ2v) is 16.7. The van der Waals surface area contributed by atoms with Crippen LogP contribution in [0.1, 0.15) is 87.2 Å². The standard InChI is InChI=1S/C44H51N7O5/c1-24(2)39(49-44(54)56-4)43(53)50-21-25(22-55-3)17-37(50)42-46-34-16-12-27-18-26(11-13-30(27)40(34)48-42)29-14-15-33(32-9-6-8-31(29)32)35-20-45-41(47-35)38-19-28-7-5-10-36(28)51(38)23-52/h11-16,18,20,23-25,28,36-39H,5-10,17,19,21-22H2,1-4H3,(H,45,47)(H,46,48)(H,49,54). The first-order valence-corrected chi connectivity index (χ1v) is 20.3. The molecule has 2 aliphatic carbocycles. The van der Waals surface area contributed by atoms with E-state index in [9.17, 15) is 14.4 Å². The lowest BCUT2D eigenvalue weighted by Crippen LogP contribution is -2.51. The summed E-state index contributed by atoms with van der Waals surface area (Å²) in [5, 5.41) is 4.89. The fourth-order valence-corrected chi connectivity index (χ4v) is 10.4. The van der Waals surface area contributed by atoms with Crippen molar-refractivity contribution < 1.29 is 23.9 Å². The number of rotatable bonds is 10. The summed E-state index contributed by atoms with van der Waals surface area (Å²) in [6, 6.07) is 14.7. The number of aromatic nitrogens is 4. The van der Waals surface area contributed by atoms with Crippen LogP contribution in [0.2, 0.25) is 0 Å². The number of carbonyl (C=O) groups excluding carboxylic acids is 3. The van der Waals surface area contributed by atoms with E-state index in [1.54, 1.807) is 7.11 Å². The largest absolute Gasteiger partial charge is 0.453 e. The van der Waals surface area contributed by atoms with Crippen molar-refractivity contribution in [2.75, 3.05) is 27.4 Å². The van der Waals surface area contributed by atoms with Gasteiger partial charge in [0, 0.05) is 36.6 Å². The predicted octanol–water partition coefficient (Wildman–Crippen LogP) is 7.25. The molecule has 0 spiro atoms. The normalized spacial score (nSPS) is 23.6. The number of benzene rings is 3. The summed E-state index contributed by atoms with van der Waals surface area (Å²) in [5.41, 5.74) is 9.22. The van der Waals surface area contributed by atoms with E-state index < -0.39 is 12.1 Å². The molecule has 3 N–H and O–H groups in total. The average molecular weight is 758 g/mol. The van der Waals surface area contributed by atoms with Crippen molar-refractivity contribution in [2.45, 2.75) is 89.4 Å². The maximum absolute atomic E-state index is 14.0. The zero-order valence-corrected chi connectivity index (χ0v) is 32.6. The maximum Gasteiger partial charge on any atom is 0.407 e. The van der Waals surface area contributed by atoms with Gasteiger partial charge >= 0.3 is 6.09 Å². The van der Waals surface area contributed by atoms with Gasteiger partial charge in [0.25, 0.3) is 0 Å². The van der Waals surface area contributed by atoms with Crippen LogP contribution in [0.15, 0.2) is 48.7 Å². The van der Waals surface area contributed by atoms with Gasteiger partial charge in [0.1, 0.15) is 17.7 Å². The number of amides is 3. The highest BCUT2D eigenvalue weighted by molar-refractivity contribution is 6.05. The number of aromatic amines is 2. The third-order valence-electron chi connectivity index (χ3n) is 13.1.